The Kier molecular flexibility index (Phi) is 8.55. The van der Waals surface area contributed by atoms with Crippen LogP contribution in [0.1, 0.15) is 19.8 Å². The highest BCUT2D eigenvalue weighted by atomic mass is 32.2. The summed E-state index contributed by atoms with van der Waals surface area (Å²) in [6.07, 6.45) is 0.238. The molecule has 13 heteroatoms. The third kappa shape index (κ3) is 5.81. The summed E-state index contributed by atoms with van der Waals surface area (Å²) < 4.78 is 53.9. The van der Waals surface area contributed by atoms with E-state index in [4.69, 9.17) is 11.5 Å². The van der Waals surface area contributed by atoms with Crippen LogP contribution in [0, 0.1) is 5.92 Å². The molecule has 0 aromatic rings. The largest absolute Gasteiger partial charge is 0.349 e. The van der Waals surface area contributed by atoms with Gasteiger partial charge in [-0.15, -0.1) is 0 Å². The van der Waals surface area contributed by atoms with Gasteiger partial charge in [-0.05, 0) is 19.8 Å². The Balaban J connectivity index is 1.65. The molecule has 1 aliphatic carbocycles. The van der Waals surface area contributed by atoms with Gasteiger partial charge in [0.15, 0.2) is 6.17 Å². The number of nitrogens with two attached hydrogens (primary N) is 2. The summed E-state index contributed by atoms with van der Waals surface area (Å²) in [4.78, 5) is 18.9. The number of piperazine rings is 1. The van der Waals surface area contributed by atoms with Crippen molar-refractivity contribution in [3.05, 3.63) is 0 Å². The van der Waals surface area contributed by atoms with Crippen molar-refractivity contribution in [1.82, 2.24) is 19.8 Å². The second-order valence-corrected chi connectivity index (χ2v) is 11.0. The van der Waals surface area contributed by atoms with Gasteiger partial charge in [0.05, 0.1) is 36.0 Å². The maximum atomic E-state index is 14.9. The second kappa shape index (κ2) is 10.8. The highest BCUT2D eigenvalue weighted by Crippen LogP contribution is 2.32. The second-order valence-electron chi connectivity index (χ2n) is 8.78. The Morgan fingerprint density at radius 2 is 1.91 bits per heavy atom. The van der Waals surface area contributed by atoms with E-state index < -0.39 is 59.0 Å². The number of nitrogens with one attached hydrogen (secondary N) is 2. The SMILES string of the molecule is CC(NCCF)C(C(=O)NC1CN=CC(F)C1N1CCN(S(=O)(=O)C2CC2)CC1)C(N)N. The Hall–Kier alpha value is -1.25. The Bertz CT molecular complexity index is 773. The van der Waals surface area contributed by atoms with Crippen molar-refractivity contribution in [3.8, 4) is 0 Å². The predicted molar refractivity (Wildman–Crippen MR) is 118 cm³/mol. The van der Waals surface area contributed by atoms with Crippen LogP contribution >= 0.6 is 0 Å². The van der Waals surface area contributed by atoms with Gasteiger partial charge in [-0.25, -0.2) is 17.2 Å². The number of carbonyl (C=O) groups excluding carboxylic acids is 1. The molecule has 10 nitrogen and oxygen atoms in total. The lowest BCUT2D eigenvalue weighted by molar-refractivity contribution is -0.127. The molecule has 1 saturated carbocycles. The topological polar surface area (TPSA) is 146 Å². The molecule has 5 unspecified atom stereocenters. The number of sulfonamides is 1. The molecule has 0 radical (unpaired) electrons. The lowest BCUT2D eigenvalue weighted by Crippen LogP contribution is -2.65. The minimum atomic E-state index is -3.27. The molecule has 0 bridgehead atoms. The molecule has 0 aromatic carbocycles. The molecular formula is C19H35F2N7O3S. The van der Waals surface area contributed by atoms with Gasteiger partial charge in [0.1, 0.15) is 6.67 Å². The van der Waals surface area contributed by atoms with E-state index in [-0.39, 0.29) is 18.3 Å². The van der Waals surface area contributed by atoms with E-state index in [2.05, 4.69) is 15.6 Å². The van der Waals surface area contributed by atoms with Crippen LogP contribution in [0.5, 0.6) is 0 Å². The molecule has 32 heavy (non-hydrogen) atoms. The van der Waals surface area contributed by atoms with Gasteiger partial charge in [0.25, 0.3) is 0 Å². The van der Waals surface area contributed by atoms with Crippen molar-refractivity contribution in [1.29, 1.82) is 0 Å². The van der Waals surface area contributed by atoms with Crippen molar-refractivity contribution < 1.29 is 22.0 Å². The fourth-order valence-corrected chi connectivity index (χ4v) is 6.36. The Morgan fingerprint density at radius 3 is 2.47 bits per heavy atom. The lowest BCUT2D eigenvalue weighted by atomic mass is 9.94. The summed E-state index contributed by atoms with van der Waals surface area (Å²) in [5.41, 5.74) is 11.6. The molecule has 6 N–H and O–H groups in total. The summed E-state index contributed by atoms with van der Waals surface area (Å²) in [6.45, 7) is 2.67. The number of aliphatic imine (C=N–C) groups is 1. The average molecular weight is 480 g/mol. The molecule has 2 heterocycles. The smallest absolute Gasteiger partial charge is 0.227 e. The monoisotopic (exact) mass is 479 g/mol. The number of halogens is 2. The summed E-state index contributed by atoms with van der Waals surface area (Å²) in [5, 5.41) is 5.45. The summed E-state index contributed by atoms with van der Waals surface area (Å²) in [6, 6.07) is -1.77. The van der Waals surface area contributed by atoms with Crippen molar-refractivity contribution in [2.75, 3.05) is 45.9 Å². The van der Waals surface area contributed by atoms with Crippen molar-refractivity contribution >= 4 is 22.1 Å². The summed E-state index contributed by atoms with van der Waals surface area (Å²) in [7, 11) is -3.27. The van der Waals surface area contributed by atoms with Crippen LogP contribution in [0.2, 0.25) is 0 Å². The van der Waals surface area contributed by atoms with E-state index >= 15 is 0 Å². The molecule has 0 aromatic heterocycles. The highest BCUT2D eigenvalue weighted by Gasteiger charge is 2.44. The number of hydrogen-bond acceptors (Lipinski definition) is 8. The number of rotatable bonds is 10. The molecule has 184 valence electrons. The number of hydrogen-bond donors (Lipinski definition) is 4. The van der Waals surface area contributed by atoms with Crippen LogP contribution in [-0.2, 0) is 14.8 Å². The third-order valence-corrected chi connectivity index (χ3v) is 8.83. The molecule has 5 atom stereocenters. The fourth-order valence-electron chi connectivity index (χ4n) is 4.54. The summed E-state index contributed by atoms with van der Waals surface area (Å²) in [5.74, 6) is -1.29. The normalized spacial score (nSPS) is 29.8. The number of amides is 1. The first-order chi connectivity index (χ1) is 15.2. The number of nitrogens with zero attached hydrogens (tertiary/aromatic N) is 3. The average Bonchev–Trinajstić information content (AvgIpc) is 3.58. The first kappa shape index (κ1) is 25.4. The Labute approximate surface area is 188 Å². The van der Waals surface area contributed by atoms with E-state index in [1.807, 2.05) is 4.90 Å². The van der Waals surface area contributed by atoms with Crippen molar-refractivity contribution in [3.63, 3.8) is 0 Å². The predicted octanol–water partition coefficient (Wildman–Crippen LogP) is -1.82. The zero-order valence-corrected chi connectivity index (χ0v) is 19.2. The van der Waals surface area contributed by atoms with Gasteiger partial charge in [-0.1, -0.05) is 0 Å². The zero-order valence-electron chi connectivity index (χ0n) is 18.4. The standard InChI is InChI=1S/C19H35F2N7O3S/c1-12(25-5-4-20)16(18(22)23)19(29)26-15-11-24-10-14(21)17(15)27-6-8-28(9-7-27)32(30,31)13-2-3-13/h10,12-18,25H,2-9,11,22-23H2,1H3,(H,26,29). The van der Waals surface area contributed by atoms with Crippen LogP contribution in [0.4, 0.5) is 8.78 Å². The van der Waals surface area contributed by atoms with Crippen molar-refractivity contribution in [2.24, 2.45) is 22.4 Å². The minimum Gasteiger partial charge on any atom is -0.349 e. The van der Waals surface area contributed by atoms with Gasteiger partial charge < -0.3 is 22.1 Å². The highest BCUT2D eigenvalue weighted by molar-refractivity contribution is 7.90. The van der Waals surface area contributed by atoms with Gasteiger partial charge in [0, 0.05) is 45.0 Å². The molecule has 2 fully saturated rings. The quantitative estimate of drug-likeness (QED) is 0.270. The van der Waals surface area contributed by atoms with Crippen LogP contribution in [0.25, 0.3) is 0 Å². The molecule has 1 amide bonds. The van der Waals surface area contributed by atoms with Crippen LogP contribution < -0.4 is 22.1 Å². The van der Waals surface area contributed by atoms with E-state index in [1.165, 1.54) is 10.5 Å². The van der Waals surface area contributed by atoms with Crippen molar-refractivity contribution in [2.45, 2.75) is 55.5 Å². The van der Waals surface area contributed by atoms with E-state index in [0.717, 1.165) is 0 Å². The van der Waals surface area contributed by atoms with Crippen LogP contribution in [0.3, 0.4) is 0 Å². The first-order valence-electron chi connectivity index (χ1n) is 11.1. The lowest BCUT2D eigenvalue weighted by Gasteiger charge is -2.44. The van der Waals surface area contributed by atoms with Gasteiger partial charge in [0.2, 0.25) is 15.9 Å². The molecular weight excluding hydrogens is 444 g/mol. The first-order valence-corrected chi connectivity index (χ1v) is 12.6. The van der Waals surface area contributed by atoms with E-state index in [9.17, 15) is 22.0 Å². The molecule has 3 rings (SSSR count). The maximum Gasteiger partial charge on any atom is 0.227 e. The summed E-state index contributed by atoms with van der Waals surface area (Å²) >= 11 is 0. The fraction of sp³-hybridized carbons (Fsp3) is 0.895. The molecule has 1 saturated heterocycles. The number of carbonyl (C=O) groups is 1. The van der Waals surface area contributed by atoms with Gasteiger partial charge in [-0.3, -0.25) is 14.7 Å². The number of alkyl halides is 2. The van der Waals surface area contributed by atoms with E-state index in [1.54, 1.807) is 6.92 Å². The van der Waals surface area contributed by atoms with E-state index in [0.29, 0.717) is 39.0 Å². The molecule has 3 aliphatic rings. The van der Waals surface area contributed by atoms with Gasteiger partial charge in [-0.2, -0.15) is 4.31 Å². The zero-order chi connectivity index (χ0) is 23.5. The van der Waals surface area contributed by atoms with Gasteiger partial charge >= 0.3 is 0 Å². The molecule has 0 spiro atoms. The Morgan fingerprint density at radius 1 is 1.25 bits per heavy atom. The maximum absolute atomic E-state index is 14.9. The third-order valence-electron chi connectivity index (χ3n) is 6.43. The minimum absolute atomic E-state index is 0.0641. The molecule has 2 aliphatic heterocycles. The van der Waals surface area contributed by atoms with Crippen LogP contribution in [0.15, 0.2) is 4.99 Å². The van der Waals surface area contributed by atoms with Crippen LogP contribution in [-0.4, -0.2) is 111 Å².